The fourth-order valence-electron chi connectivity index (χ4n) is 0.463. The lowest BCUT2D eigenvalue weighted by atomic mass is 10.5. The predicted molar refractivity (Wildman–Crippen MR) is 28.7 cm³/mol. The molecule has 0 aliphatic rings. The summed E-state index contributed by atoms with van der Waals surface area (Å²) in [4.78, 5) is 18.7. The van der Waals surface area contributed by atoms with E-state index < -0.39 is 0 Å². The van der Waals surface area contributed by atoms with E-state index in [2.05, 4.69) is 14.9 Å². The van der Waals surface area contributed by atoms with E-state index in [-0.39, 0.29) is 11.5 Å². The summed E-state index contributed by atoms with van der Waals surface area (Å²) in [6, 6.07) is 0. The van der Waals surface area contributed by atoms with Gasteiger partial charge in [0.15, 0.2) is 12.0 Å². The molecule has 0 atom stereocenters. The summed E-state index contributed by atoms with van der Waals surface area (Å²) < 4.78 is 0. The van der Waals surface area contributed by atoms with Gasteiger partial charge in [-0.1, -0.05) is 0 Å². The second-order valence-corrected chi connectivity index (χ2v) is 1.36. The van der Waals surface area contributed by atoms with Crippen molar-refractivity contribution in [1.29, 1.82) is 5.39 Å². The van der Waals surface area contributed by atoms with E-state index in [4.69, 9.17) is 5.39 Å². The largest absolute Gasteiger partial charge is 0.492 e. The summed E-state index contributed by atoms with van der Waals surface area (Å²) in [7, 11) is 0. The lowest BCUT2D eigenvalue weighted by Gasteiger charge is -1.65. The van der Waals surface area contributed by atoms with Gasteiger partial charge in [0.25, 0.3) is 0 Å². The third kappa shape index (κ3) is 0.770. The Bertz CT molecular complexity index is 258. The van der Waals surface area contributed by atoms with Gasteiger partial charge in [-0.25, -0.2) is 0 Å². The predicted octanol–water partition coefficient (Wildman–Crippen LogP) is 0.707. The van der Waals surface area contributed by atoms with Gasteiger partial charge >= 0.3 is 5.82 Å². The number of aromatic nitrogens is 2. The highest BCUT2D eigenvalue weighted by Crippen LogP contribution is 2.08. The lowest BCUT2D eigenvalue weighted by Crippen LogP contribution is -1.75. The van der Waals surface area contributed by atoms with Crippen molar-refractivity contribution in [3.63, 3.8) is 0 Å². The molecule has 0 spiro atoms. The number of H-pyrrole nitrogens is 1. The molecule has 0 unspecified atom stereocenters. The van der Waals surface area contributed by atoms with Crippen LogP contribution in [0.2, 0.25) is 0 Å². The minimum Gasteiger partial charge on any atom is -0.314 e. The fraction of sp³-hybridized carbons (Fsp3) is 0. The van der Waals surface area contributed by atoms with Crippen LogP contribution in [0.1, 0.15) is 10.5 Å². The molecule has 0 saturated heterocycles. The average Bonchev–Trinajstić information content (AvgIpc) is 2.33. The van der Waals surface area contributed by atoms with Crippen molar-refractivity contribution in [3.05, 3.63) is 17.0 Å². The Labute approximate surface area is 50.3 Å². The van der Waals surface area contributed by atoms with E-state index in [1.54, 1.807) is 0 Å². The van der Waals surface area contributed by atoms with Gasteiger partial charge in [0.05, 0.1) is 5.39 Å². The zero-order valence-corrected chi connectivity index (χ0v) is 4.40. The van der Waals surface area contributed by atoms with Crippen LogP contribution in [-0.2, 0) is 0 Å². The maximum Gasteiger partial charge on any atom is 0.492 e. The quantitative estimate of drug-likeness (QED) is 0.441. The number of imidazole rings is 1. The molecule has 0 amide bonds. The molecule has 0 aromatic carbocycles. The molecule has 0 bridgehead atoms. The Kier molecular flexibility index (Phi) is 1.24. The number of hydrogen-bond donors (Lipinski definition) is 1. The molecule has 0 aliphatic carbocycles. The van der Waals surface area contributed by atoms with Gasteiger partial charge in [-0.3, -0.25) is 4.79 Å². The highest BCUT2D eigenvalue weighted by molar-refractivity contribution is 5.79. The number of nitrogens with one attached hydrogen (secondary N) is 1. The fourth-order valence-corrected chi connectivity index (χ4v) is 0.463. The van der Waals surface area contributed by atoms with E-state index in [1.807, 2.05) is 0 Å². The topological polar surface area (TPSA) is 73.9 Å². The minimum absolute atomic E-state index is 0.0185. The zero-order valence-electron chi connectivity index (χ0n) is 4.40. The number of hydrogen-bond acceptors (Lipinski definition) is 3. The lowest BCUT2D eigenvalue weighted by molar-refractivity contribution is 0.112. The first kappa shape index (κ1) is 5.44. The summed E-state index contributed by atoms with van der Waals surface area (Å²) in [5, 5.41) is 8.12. The summed E-state index contributed by atoms with van der Waals surface area (Å²) in [6.45, 7) is 0. The van der Waals surface area contributed by atoms with Crippen molar-refractivity contribution in [2.75, 3.05) is 0 Å². The molecular weight excluding hydrogens is 120 g/mol. The number of carbonyl (C=O) groups is 1. The van der Waals surface area contributed by atoms with Gasteiger partial charge in [-0.2, -0.15) is 0 Å². The van der Waals surface area contributed by atoms with Gasteiger partial charge in [0.1, 0.15) is 0 Å². The Morgan fingerprint density at radius 2 is 2.67 bits per heavy atom. The van der Waals surface area contributed by atoms with Crippen LogP contribution in [0.4, 0.5) is 5.82 Å². The van der Waals surface area contributed by atoms with E-state index in [0.717, 1.165) is 0 Å². The van der Waals surface area contributed by atoms with Crippen molar-refractivity contribution in [3.8, 4) is 0 Å². The highest BCUT2D eigenvalue weighted by atomic mass is 16.1. The van der Waals surface area contributed by atoms with Crippen LogP contribution in [0.25, 0.3) is 4.98 Å². The van der Waals surface area contributed by atoms with Crippen molar-refractivity contribution in [2.24, 2.45) is 0 Å². The number of diazo groups is 1. The van der Waals surface area contributed by atoms with E-state index in [1.165, 1.54) is 6.33 Å². The third-order valence-corrected chi connectivity index (χ3v) is 0.860. The molecule has 1 rings (SSSR count). The Hall–Kier alpha value is -1.70. The van der Waals surface area contributed by atoms with Gasteiger partial charge in [0, 0.05) is 4.98 Å². The van der Waals surface area contributed by atoms with E-state index in [0.29, 0.717) is 6.29 Å². The van der Waals surface area contributed by atoms with Crippen LogP contribution in [-0.4, -0.2) is 16.3 Å². The standard InChI is InChI=1S/C4H2N4O/c5-8-4-3(1-9)6-2-7-4/h1-2H/p+1. The number of aromatic amines is 1. The van der Waals surface area contributed by atoms with Crippen molar-refractivity contribution >= 4 is 12.1 Å². The normalized spacial score (nSPS) is 8.33. The Balaban J connectivity index is 3.17. The summed E-state index contributed by atoms with van der Waals surface area (Å²) >= 11 is 0. The molecule has 0 fully saturated rings. The third-order valence-electron chi connectivity index (χ3n) is 0.860. The van der Waals surface area contributed by atoms with Gasteiger partial charge in [-0.15, -0.1) is 0 Å². The highest BCUT2D eigenvalue weighted by Gasteiger charge is 2.14. The number of nitrogens with zero attached hydrogens (tertiary/aromatic N) is 3. The first-order chi connectivity index (χ1) is 4.38. The molecule has 0 radical (unpaired) electrons. The second kappa shape index (κ2) is 2.05. The summed E-state index contributed by atoms with van der Waals surface area (Å²) in [6.07, 6.45) is 1.81. The average molecular weight is 123 g/mol. The minimum atomic E-state index is 0.0185. The molecule has 9 heavy (non-hydrogen) atoms. The zero-order chi connectivity index (χ0) is 6.69. The first-order valence-electron chi connectivity index (χ1n) is 2.22. The van der Waals surface area contributed by atoms with E-state index >= 15 is 0 Å². The van der Waals surface area contributed by atoms with Crippen molar-refractivity contribution in [2.45, 2.75) is 0 Å². The summed E-state index contributed by atoms with van der Waals surface area (Å²) in [5.41, 5.74) is 0.178. The maximum absolute atomic E-state index is 10.0. The molecular formula is C4H3N4O+. The molecule has 1 N–H and O–H groups in total. The van der Waals surface area contributed by atoms with Crippen molar-refractivity contribution < 1.29 is 4.79 Å². The van der Waals surface area contributed by atoms with Crippen LogP contribution in [0.5, 0.6) is 0 Å². The number of carbonyl (C=O) groups excluding carboxylic acids is 1. The van der Waals surface area contributed by atoms with Crippen LogP contribution in [0.15, 0.2) is 6.33 Å². The van der Waals surface area contributed by atoms with Gasteiger partial charge < -0.3 is 4.98 Å². The molecule has 44 valence electrons. The van der Waals surface area contributed by atoms with Crippen molar-refractivity contribution in [1.82, 2.24) is 9.97 Å². The van der Waals surface area contributed by atoms with Crippen LogP contribution >= 0.6 is 0 Å². The molecule has 1 aromatic heterocycles. The number of rotatable bonds is 1. The summed E-state index contributed by atoms with van der Waals surface area (Å²) in [5.74, 6) is 0.0185. The van der Waals surface area contributed by atoms with Gasteiger partial charge in [-0.05, 0) is 4.98 Å². The molecule has 5 nitrogen and oxygen atoms in total. The molecule has 1 heterocycles. The Morgan fingerprint density at radius 1 is 1.89 bits per heavy atom. The maximum atomic E-state index is 10.0. The Morgan fingerprint density at radius 3 is 3.11 bits per heavy atom. The van der Waals surface area contributed by atoms with Crippen LogP contribution in [0.3, 0.4) is 0 Å². The van der Waals surface area contributed by atoms with Crippen LogP contribution in [0, 0.1) is 5.39 Å². The molecule has 5 heteroatoms. The second-order valence-electron chi connectivity index (χ2n) is 1.36. The molecule has 1 aromatic rings. The number of aldehydes is 1. The SMILES string of the molecule is N#[N+]c1nc[nH]c1C=O. The smallest absolute Gasteiger partial charge is 0.314 e. The van der Waals surface area contributed by atoms with E-state index in [9.17, 15) is 4.79 Å². The first-order valence-corrected chi connectivity index (χ1v) is 2.22. The van der Waals surface area contributed by atoms with Gasteiger partial charge in [0.2, 0.25) is 6.33 Å². The monoisotopic (exact) mass is 123 g/mol. The molecule has 0 aliphatic heterocycles. The van der Waals surface area contributed by atoms with Crippen LogP contribution < -0.4 is 0 Å². The molecule has 0 saturated carbocycles.